The van der Waals surface area contributed by atoms with Crippen molar-refractivity contribution in [3.05, 3.63) is 126 Å². The lowest BCUT2D eigenvalue weighted by Gasteiger charge is -2.14. The van der Waals surface area contributed by atoms with Crippen molar-refractivity contribution >= 4 is 22.4 Å². The number of fused-ring (bicyclic) bond motifs is 1. The van der Waals surface area contributed by atoms with Crippen LogP contribution in [-0.2, 0) is 0 Å². The molecule has 0 bridgehead atoms. The first-order chi connectivity index (χ1) is 17.3. The molecular formula is C31H20ClN3. The number of hydrogen-bond acceptors (Lipinski definition) is 3. The van der Waals surface area contributed by atoms with Crippen LogP contribution in [0, 0.1) is 0 Å². The van der Waals surface area contributed by atoms with Crippen molar-refractivity contribution in [1.29, 1.82) is 0 Å². The molecule has 3 nitrogen and oxygen atoms in total. The summed E-state index contributed by atoms with van der Waals surface area (Å²) < 4.78 is 0. The molecule has 0 fully saturated rings. The van der Waals surface area contributed by atoms with E-state index in [1.807, 2.05) is 97.1 Å². The Labute approximate surface area is 208 Å². The van der Waals surface area contributed by atoms with Crippen molar-refractivity contribution in [2.24, 2.45) is 0 Å². The molecule has 0 amide bonds. The minimum Gasteiger partial charge on any atom is -0.208 e. The van der Waals surface area contributed by atoms with Crippen LogP contribution >= 0.6 is 11.6 Å². The van der Waals surface area contributed by atoms with E-state index in [-0.39, 0.29) is 0 Å². The van der Waals surface area contributed by atoms with E-state index < -0.39 is 0 Å². The van der Waals surface area contributed by atoms with Crippen LogP contribution in [0.25, 0.3) is 56.1 Å². The van der Waals surface area contributed by atoms with Crippen LogP contribution in [0.2, 0.25) is 5.02 Å². The summed E-state index contributed by atoms with van der Waals surface area (Å²) in [6.45, 7) is 0. The average Bonchev–Trinajstić information content (AvgIpc) is 2.94. The van der Waals surface area contributed by atoms with Gasteiger partial charge in [-0.2, -0.15) is 0 Å². The fourth-order valence-electron chi connectivity index (χ4n) is 4.28. The highest BCUT2D eigenvalue weighted by Crippen LogP contribution is 2.40. The summed E-state index contributed by atoms with van der Waals surface area (Å²) in [7, 11) is 0. The van der Waals surface area contributed by atoms with Gasteiger partial charge in [0.1, 0.15) is 0 Å². The van der Waals surface area contributed by atoms with Gasteiger partial charge in [-0.25, -0.2) is 15.0 Å². The number of hydrogen-bond donors (Lipinski definition) is 0. The SMILES string of the molecule is Clc1c(-c2ccccc2)cc(-c2nc(-c3ccccc3)nc(-c3ccccc3)n2)c2ccccc12. The molecule has 0 saturated carbocycles. The van der Waals surface area contributed by atoms with Gasteiger partial charge in [0.2, 0.25) is 0 Å². The Hall–Kier alpha value is -4.34. The van der Waals surface area contributed by atoms with Gasteiger partial charge in [0.05, 0.1) is 5.02 Å². The van der Waals surface area contributed by atoms with Crippen LogP contribution < -0.4 is 0 Å². The number of nitrogens with zero attached hydrogens (tertiary/aromatic N) is 3. The van der Waals surface area contributed by atoms with Gasteiger partial charge < -0.3 is 0 Å². The molecule has 1 aromatic heterocycles. The summed E-state index contributed by atoms with van der Waals surface area (Å²) in [5, 5.41) is 2.69. The van der Waals surface area contributed by atoms with E-state index in [1.165, 1.54) is 0 Å². The molecular weight excluding hydrogens is 450 g/mol. The summed E-state index contributed by atoms with van der Waals surface area (Å²) in [6, 6.07) is 40.4. The molecule has 4 heteroatoms. The van der Waals surface area contributed by atoms with Crippen molar-refractivity contribution in [3.8, 4) is 45.3 Å². The second kappa shape index (κ2) is 9.13. The fraction of sp³-hybridized carbons (Fsp3) is 0. The Morgan fingerprint density at radius 1 is 0.400 bits per heavy atom. The van der Waals surface area contributed by atoms with Crippen molar-refractivity contribution < 1.29 is 0 Å². The van der Waals surface area contributed by atoms with Crippen LogP contribution in [0.15, 0.2) is 121 Å². The number of halogens is 1. The standard InChI is InChI=1S/C31H20ClN3/c32-28-25-19-11-10-18-24(25)27(20-26(28)21-12-4-1-5-13-21)31-34-29(22-14-6-2-7-15-22)33-30(35-31)23-16-8-3-9-17-23/h1-20H. The molecule has 0 spiro atoms. The first kappa shape index (κ1) is 21.2. The molecule has 0 saturated heterocycles. The lowest BCUT2D eigenvalue weighted by Crippen LogP contribution is -2.01. The molecule has 1 heterocycles. The van der Waals surface area contributed by atoms with Gasteiger partial charge in [-0.05, 0) is 17.0 Å². The van der Waals surface area contributed by atoms with Gasteiger partial charge in [-0.15, -0.1) is 0 Å². The highest BCUT2D eigenvalue weighted by atomic mass is 35.5. The minimum atomic E-state index is 0.614. The first-order valence-electron chi connectivity index (χ1n) is 11.4. The summed E-state index contributed by atoms with van der Waals surface area (Å²) in [5.41, 5.74) is 4.79. The summed E-state index contributed by atoms with van der Waals surface area (Å²) in [6.07, 6.45) is 0. The Bertz CT molecular complexity index is 1580. The van der Waals surface area contributed by atoms with E-state index >= 15 is 0 Å². The van der Waals surface area contributed by atoms with Gasteiger partial charge in [0.15, 0.2) is 17.5 Å². The Kier molecular flexibility index (Phi) is 5.53. The largest absolute Gasteiger partial charge is 0.208 e. The number of aromatic nitrogens is 3. The lowest BCUT2D eigenvalue weighted by atomic mass is 9.96. The van der Waals surface area contributed by atoms with E-state index in [0.29, 0.717) is 17.5 Å². The predicted molar refractivity (Wildman–Crippen MR) is 144 cm³/mol. The maximum Gasteiger partial charge on any atom is 0.164 e. The highest BCUT2D eigenvalue weighted by Gasteiger charge is 2.18. The van der Waals surface area contributed by atoms with Crippen molar-refractivity contribution in [1.82, 2.24) is 15.0 Å². The van der Waals surface area contributed by atoms with Gasteiger partial charge in [0, 0.05) is 27.6 Å². The summed E-state index contributed by atoms with van der Waals surface area (Å²) in [4.78, 5) is 14.7. The van der Waals surface area contributed by atoms with Crippen molar-refractivity contribution in [2.75, 3.05) is 0 Å². The summed E-state index contributed by atoms with van der Waals surface area (Å²) in [5.74, 6) is 1.88. The molecule has 0 radical (unpaired) electrons. The molecule has 0 N–H and O–H groups in total. The molecule has 166 valence electrons. The van der Waals surface area contributed by atoms with E-state index in [1.54, 1.807) is 0 Å². The van der Waals surface area contributed by atoms with Crippen LogP contribution in [-0.4, -0.2) is 15.0 Å². The molecule has 35 heavy (non-hydrogen) atoms. The predicted octanol–water partition coefficient (Wildman–Crippen LogP) is 8.35. The quantitative estimate of drug-likeness (QED) is 0.260. The molecule has 0 aliphatic carbocycles. The monoisotopic (exact) mass is 469 g/mol. The second-order valence-corrected chi connectivity index (χ2v) is 8.61. The third-order valence-electron chi connectivity index (χ3n) is 6.00. The highest BCUT2D eigenvalue weighted by molar-refractivity contribution is 6.39. The topological polar surface area (TPSA) is 38.7 Å². The van der Waals surface area contributed by atoms with Crippen LogP contribution in [0.3, 0.4) is 0 Å². The maximum atomic E-state index is 6.94. The van der Waals surface area contributed by atoms with Gasteiger partial charge in [-0.3, -0.25) is 0 Å². The zero-order chi connectivity index (χ0) is 23.6. The molecule has 5 aromatic carbocycles. The number of rotatable bonds is 4. The molecule has 0 atom stereocenters. The van der Waals surface area contributed by atoms with E-state index in [0.717, 1.165) is 43.6 Å². The lowest BCUT2D eigenvalue weighted by molar-refractivity contribution is 1.08. The second-order valence-electron chi connectivity index (χ2n) is 8.24. The van der Waals surface area contributed by atoms with E-state index in [9.17, 15) is 0 Å². The number of benzene rings is 5. The van der Waals surface area contributed by atoms with Crippen LogP contribution in [0.4, 0.5) is 0 Å². The van der Waals surface area contributed by atoms with Gasteiger partial charge >= 0.3 is 0 Å². The van der Waals surface area contributed by atoms with Crippen LogP contribution in [0.1, 0.15) is 0 Å². The smallest absolute Gasteiger partial charge is 0.164 e. The maximum absolute atomic E-state index is 6.94. The Morgan fingerprint density at radius 3 is 1.37 bits per heavy atom. The third-order valence-corrected chi connectivity index (χ3v) is 6.41. The van der Waals surface area contributed by atoms with Gasteiger partial charge in [-0.1, -0.05) is 127 Å². The molecule has 6 aromatic rings. The van der Waals surface area contributed by atoms with Gasteiger partial charge in [0.25, 0.3) is 0 Å². The zero-order valence-corrected chi connectivity index (χ0v) is 19.5. The van der Waals surface area contributed by atoms with E-state index in [4.69, 9.17) is 26.6 Å². The minimum absolute atomic E-state index is 0.614. The van der Waals surface area contributed by atoms with Crippen molar-refractivity contribution in [3.63, 3.8) is 0 Å². The molecule has 0 aliphatic heterocycles. The normalized spacial score (nSPS) is 11.0. The molecule has 6 rings (SSSR count). The van der Waals surface area contributed by atoms with Crippen molar-refractivity contribution in [2.45, 2.75) is 0 Å². The zero-order valence-electron chi connectivity index (χ0n) is 18.8. The summed E-state index contributed by atoms with van der Waals surface area (Å²) >= 11 is 6.94. The fourth-order valence-corrected chi connectivity index (χ4v) is 4.61. The van der Waals surface area contributed by atoms with E-state index in [2.05, 4.69) is 24.3 Å². The average molecular weight is 470 g/mol. The molecule has 0 aliphatic rings. The first-order valence-corrected chi connectivity index (χ1v) is 11.8. The Morgan fingerprint density at radius 2 is 0.829 bits per heavy atom. The van der Waals surface area contributed by atoms with Crippen LogP contribution in [0.5, 0.6) is 0 Å². The Balaban J connectivity index is 1.66. The third kappa shape index (κ3) is 4.07. The molecule has 0 unspecified atom stereocenters.